The molecule has 0 unspecified atom stereocenters. The highest BCUT2D eigenvalue weighted by Crippen LogP contribution is 2.26. The molecule has 0 saturated carbocycles. The Morgan fingerprint density at radius 1 is 1.40 bits per heavy atom. The Balaban J connectivity index is 2.43. The molecule has 0 saturated heterocycles. The number of benzene rings is 1. The highest BCUT2D eigenvalue weighted by molar-refractivity contribution is 5.94. The topological polar surface area (TPSA) is 85.1 Å². The second-order valence-electron chi connectivity index (χ2n) is 4.02. The van der Waals surface area contributed by atoms with Crippen molar-refractivity contribution in [2.75, 3.05) is 6.54 Å². The smallest absolute Gasteiger partial charge is 0.278 e. The van der Waals surface area contributed by atoms with E-state index in [-0.39, 0.29) is 18.1 Å². The predicted molar refractivity (Wildman–Crippen MR) is 74.0 cm³/mol. The molecule has 1 aromatic carbocycles. The molecular formula is C14H11N3O3. The van der Waals surface area contributed by atoms with Crippen molar-refractivity contribution in [3.63, 3.8) is 0 Å². The second-order valence-corrected chi connectivity index (χ2v) is 4.02. The van der Waals surface area contributed by atoms with Crippen molar-refractivity contribution in [2.24, 2.45) is 0 Å². The number of pyridine rings is 1. The van der Waals surface area contributed by atoms with Crippen LogP contribution >= 0.6 is 0 Å². The number of nitrogens with one attached hydrogen (secondary N) is 1. The first-order valence-corrected chi connectivity index (χ1v) is 5.84. The molecular weight excluding hydrogens is 258 g/mol. The highest BCUT2D eigenvalue weighted by Gasteiger charge is 2.13. The minimum Gasteiger partial charge on any atom is -0.345 e. The quantitative estimate of drug-likeness (QED) is 0.510. The van der Waals surface area contributed by atoms with Crippen LogP contribution in [-0.2, 0) is 4.79 Å². The van der Waals surface area contributed by atoms with E-state index in [0.29, 0.717) is 16.3 Å². The standard InChI is InChI=1S/C14H11N3O3/c1-10(18)16-7-2-3-11-4-5-14(17(19)20)13-9-15-8-6-12(11)13/h4-6,8-9H,7H2,1H3,(H,16,18). The maximum atomic E-state index is 11.0. The Morgan fingerprint density at radius 2 is 2.20 bits per heavy atom. The molecule has 2 rings (SSSR count). The number of amides is 1. The fourth-order valence-electron chi connectivity index (χ4n) is 1.75. The summed E-state index contributed by atoms with van der Waals surface area (Å²) in [5.41, 5.74) is 0.666. The van der Waals surface area contributed by atoms with E-state index in [1.807, 2.05) is 0 Å². The zero-order valence-electron chi connectivity index (χ0n) is 10.7. The van der Waals surface area contributed by atoms with Gasteiger partial charge in [0.25, 0.3) is 5.69 Å². The molecule has 1 amide bonds. The Kier molecular flexibility index (Phi) is 3.91. The summed E-state index contributed by atoms with van der Waals surface area (Å²) >= 11 is 0. The summed E-state index contributed by atoms with van der Waals surface area (Å²) in [6, 6.07) is 4.69. The van der Waals surface area contributed by atoms with Crippen LogP contribution in [0.4, 0.5) is 5.69 Å². The van der Waals surface area contributed by atoms with Gasteiger partial charge in [0.05, 0.1) is 16.9 Å². The number of carbonyl (C=O) groups excluding carboxylic acids is 1. The monoisotopic (exact) mass is 269 g/mol. The van der Waals surface area contributed by atoms with Crippen molar-refractivity contribution in [3.05, 3.63) is 46.3 Å². The minimum atomic E-state index is -0.446. The number of aromatic nitrogens is 1. The van der Waals surface area contributed by atoms with Crippen LogP contribution in [0.5, 0.6) is 0 Å². The van der Waals surface area contributed by atoms with Crippen molar-refractivity contribution < 1.29 is 9.72 Å². The summed E-state index contributed by atoms with van der Waals surface area (Å²) in [6.45, 7) is 1.65. The summed E-state index contributed by atoms with van der Waals surface area (Å²) < 4.78 is 0. The number of nitro benzene ring substituents is 1. The number of nitrogens with zero attached hydrogens (tertiary/aromatic N) is 2. The third-order valence-corrected chi connectivity index (χ3v) is 2.64. The van der Waals surface area contributed by atoms with Crippen LogP contribution in [0.3, 0.4) is 0 Å². The molecule has 1 aromatic heterocycles. The number of hydrogen-bond acceptors (Lipinski definition) is 4. The third kappa shape index (κ3) is 2.90. The molecule has 2 aromatic rings. The Hall–Kier alpha value is -2.94. The fourth-order valence-corrected chi connectivity index (χ4v) is 1.75. The zero-order valence-corrected chi connectivity index (χ0v) is 10.7. The number of non-ortho nitro benzene ring substituents is 1. The van der Waals surface area contributed by atoms with E-state index in [1.54, 1.807) is 18.3 Å². The van der Waals surface area contributed by atoms with E-state index in [4.69, 9.17) is 0 Å². The van der Waals surface area contributed by atoms with Crippen LogP contribution in [0, 0.1) is 22.0 Å². The van der Waals surface area contributed by atoms with Gasteiger partial charge < -0.3 is 5.32 Å². The van der Waals surface area contributed by atoms with Gasteiger partial charge in [0.15, 0.2) is 0 Å². The van der Waals surface area contributed by atoms with Gasteiger partial charge in [0.2, 0.25) is 5.91 Å². The van der Waals surface area contributed by atoms with E-state index in [9.17, 15) is 14.9 Å². The van der Waals surface area contributed by atoms with Gasteiger partial charge in [-0.3, -0.25) is 19.9 Å². The number of carbonyl (C=O) groups is 1. The van der Waals surface area contributed by atoms with Gasteiger partial charge in [0.1, 0.15) is 0 Å². The largest absolute Gasteiger partial charge is 0.345 e. The van der Waals surface area contributed by atoms with Gasteiger partial charge in [0, 0.05) is 36.3 Å². The van der Waals surface area contributed by atoms with E-state index in [2.05, 4.69) is 22.1 Å². The lowest BCUT2D eigenvalue weighted by molar-refractivity contribution is -0.383. The molecule has 0 bridgehead atoms. The molecule has 20 heavy (non-hydrogen) atoms. The fraction of sp³-hybridized carbons (Fsp3) is 0.143. The highest BCUT2D eigenvalue weighted by atomic mass is 16.6. The van der Waals surface area contributed by atoms with E-state index in [1.165, 1.54) is 19.2 Å². The molecule has 1 heterocycles. The SMILES string of the molecule is CC(=O)NCC#Cc1ccc([N+](=O)[O-])c2cnccc12. The summed E-state index contributed by atoms with van der Waals surface area (Å²) in [5.74, 6) is 5.54. The molecule has 0 radical (unpaired) electrons. The maximum Gasteiger partial charge on any atom is 0.278 e. The number of rotatable bonds is 2. The van der Waals surface area contributed by atoms with Crippen LogP contribution in [0.15, 0.2) is 30.6 Å². The van der Waals surface area contributed by atoms with Crippen LogP contribution in [0.1, 0.15) is 12.5 Å². The summed E-state index contributed by atoms with van der Waals surface area (Å²) in [7, 11) is 0. The maximum absolute atomic E-state index is 11.0. The number of fused-ring (bicyclic) bond motifs is 1. The van der Waals surface area contributed by atoms with Crippen molar-refractivity contribution >= 4 is 22.4 Å². The molecule has 6 nitrogen and oxygen atoms in total. The summed E-state index contributed by atoms with van der Waals surface area (Å²) in [5, 5.41) is 14.6. The molecule has 0 aliphatic heterocycles. The molecule has 1 N–H and O–H groups in total. The molecule has 100 valence electrons. The van der Waals surface area contributed by atoms with Crippen LogP contribution in [-0.4, -0.2) is 22.4 Å². The van der Waals surface area contributed by atoms with Crippen molar-refractivity contribution in [1.29, 1.82) is 0 Å². The first kappa shape index (κ1) is 13.5. The van der Waals surface area contributed by atoms with Crippen LogP contribution in [0.2, 0.25) is 0 Å². The second kappa shape index (κ2) is 5.80. The predicted octanol–water partition coefficient (Wildman–Crippen LogP) is 1.63. The normalized spacial score (nSPS) is 9.65. The first-order chi connectivity index (χ1) is 9.59. The molecule has 0 atom stereocenters. The van der Waals surface area contributed by atoms with Gasteiger partial charge in [-0.25, -0.2) is 0 Å². The van der Waals surface area contributed by atoms with Gasteiger partial charge in [-0.15, -0.1) is 0 Å². The number of hydrogen-bond donors (Lipinski definition) is 1. The Morgan fingerprint density at radius 3 is 2.90 bits per heavy atom. The van der Waals surface area contributed by atoms with Crippen molar-refractivity contribution in [2.45, 2.75) is 6.92 Å². The minimum absolute atomic E-state index is 0.000473. The van der Waals surface area contributed by atoms with E-state index < -0.39 is 4.92 Å². The van der Waals surface area contributed by atoms with Crippen molar-refractivity contribution in [1.82, 2.24) is 10.3 Å². The number of nitro groups is 1. The summed E-state index contributed by atoms with van der Waals surface area (Å²) in [6.07, 6.45) is 3.01. The lowest BCUT2D eigenvalue weighted by atomic mass is 10.1. The lowest BCUT2D eigenvalue weighted by Crippen LogP contribution is -2.19. The zero-order chi connectivity index (χ0) is 14.5. The van der Waals surface area contributed by atoms with Crippen LogP contribution in [0.25, 0.3) is 10.8 Å². The first-order valence-electron chi connectivity index (χ1n) is 5.84. The lowest BCUT2D eigenvalue weighted by Gasteiger charge is -2.01. The van der Waals surface area contributed by atoms with Crippen molar-refractivity contribution in [3.8, 4) is 11.8 Å². The molecule has 0 aliphatic carbocycles. The molecule has 0 aliphatic rings. The van der Waals surface area contributed by atoms with Gasteiger partial charge in [-0.05, 0) is 12.1 Å². The Labute approximate surface area is 115 Å². The third-order valence-electron chi connectivity index (χ3n) is 2.64. The average molecular weight is 269 g/mol. The molecule has 0 spiro atoms. The molecule has 6 heteroatoms. The van der Waals surface area contributed by atoms with E-state index >= 15 is 0 Å². The van der Waals surface area contributed by atoms with Gasteiger partial charge in [-0.2, -0.15) is 0 Å². The van der Waals surface area contributed by atoms with E-state index in [0.717, 1.165) is 0 Å². The van der Waals surface area contributed by atoms with Gasteiger partial charge in [-0.1, -0.05) is 11.8 Å². The average Bonchev–Trinajstić information content (AvgIpc) is 2.43. The molecule has 0 fully saturated rings. The van der Waals surface area contributed by atoms with Crippen LogP contribution < -0.4 is 5.32 Å². The van der Waals surface area contributed by atoms with Gasteiger partial charge >= 0.3 is 0 Å². The Bertz CT molecular complexity index is 744. The summed E-state index contributed by atoms with van der Waals surface area (Å²) in [4.78, 5) is 25.1.